The van der Waals surface area contributed by atoms with Crippen LogP contribution in [0.5, 0.6) is 0 Å². The Labute approximate surface area is 181 Å². The lowest BCUT2D eigenvalue weighted by Gasteiger charge is -2.12. The van der Waals surface area contributed by atoms with Crippen LogP contribution in [0.3, 0.4) is 0 Å². The quantitative estimate of drug-likeness (QED) is 0.399. The first-order chi connectivity index (χ1) is 14.8. The maximum Gasteiger partial charge on any atom is 0.338 e. The van der Waals surface area contributed by atoms with Gasteiger partial charge in [0.05, 0.1) is 22.7 Å². The molecule has 0 unspecified atom stereocenters. The largest absolute Gasteiger partial charge is 0.459 e. The third-order valence-corrected chi connectivity index (χ3v) is 4.78. The molecule has 9 heteroatoms. The summed E-state index contributed by atoms with van der Waals surface area (Å²) in [5.74, 6) is 1.04. The number of ether oxygens (including phenoxy) is 1. The molecule has 2 aromatic heterocycles. The van der Waals surface area contributed by atoms with Gasteiger partial charge in [0.2, 0.25) is 11.6 Å². The molecule has 1 amide bonds. The molecule has 0 radical (unpaired) electrons. The molecule has 0 spiro atoms. The van der Waals surface area contributed by atoms with Crippen LogP contribution in [0, 0.1) is 12.8 Å². The zero-order valence-corrected chi connectivity index (χ0v) is 18.7. The summed E-state index contributed by atoms with van der Waals surface area (Å²) in [6.07, 6.45) is 1.54. The summed E-state index contributed by atoms with van der Waals surface area (Å²) in [6, 6.07) is 5.28. The Bertz CT molecular complexity index is 1090. The predicted molar refractivity (Wildman–Crippen MR) is 119 cm³/mol. The lowest BCUT2D eigenvalue weighted by atomic mass is 10.2. The van der Waals surface area contributed by atoms with E-state index >= 15 is 0 Å². The van der Waals surface area contributed by atoms with E-state index in [0.717, 1.165) is 23.9 Å². The van der Waals surface area contributed by atoms with E-state index in [4.69, 9.17) is 9.72 Å². The zero-order chi connectivity index (χ0) is 22.5. The highest BCUT2D eigenvalue weighted by Crippen LogP contribution is 2.23. The number of aromatic nitrogens is 4. The average molecular weight is 427 g/mol. The first-order valence-electron chi connectivity index (χ1n) is 10.7. The fraction of sp³-hybridized carbons (Fsp3) is 0.500. The molecule has 166 valence electrons. The molecular formula is C22H30N6O3. The minimum Gasteiger partial charge on any atom is -0.459 e. The van der Waals surface area contributed by atoms with Gasteiger partial charge in [-0.2, -0.15) is 0 Å². The molecule has 2 N–H and O–H groups in total. The molecule has 2 heterocycles. The van der Waals surface area contributed by atoms with Crippen molar-refractivity contribution in [1.82, 2.24) is 24.9 Å². The number of anilines is 1. The first kappa shape index (κ1) is 22.5. The number of aryl methyl sites for hydroxylation is 1. The Kier molecular flexibility index (Phi) is 7.04. The van der Waals surface area contributed by atoms with Crippen molar-refractivity contribution in [2.24, 2.45) is 5.92 Å². The van der Waals surface area contributed by atoms with E-state index in [1.807, 2.05) is 39.0 Å². The normalized spacial score (nSPS) is 11.5. The Hall–Kier alpha value is -3.23. The lowest BCUT2D eigenvalue weighted by Crippen LogP contribution is -2.28. The van der Waals surface area contributed by atoms with E-state index in [0.29, 0.717) is 35.9 Å². The molecule has 3 rings (SSSR count). The number of amides is 1. The van der Waals surface area contributed by atoms with E-state index in [9.17, 15) is 9.59 Å². The third kappa shape index (κ3) is 5.28. The fourth-order valence-electron chi connectivity index (χ4n) is 3.17. The van der Waals surface area contributed by atoms with Gasteiger partial charge in [-0.05, 0) is 51.8 Å². The van der Waals surface area contributed by atoms with Crippen molar-refractivity contribution in [3.63, 3.8) is 0 Å². The average Bonchev–Trinajstić information content (AvgIpc) is 3.11. The van der Waals surface area contributed by atoms with Crippen LogP contribution in [0.1, 0.15) is 56.7 Å². The van der Waals surface area contributed by atoms with Crippen molar-refractivity contribution in [2.75, 3.05) is 18.4 Å². The van der Waals surface area contributed by atoms with Crippen LogP contribution in [0.4, 0.5) is 5.82 Å². The van der Waals surface area contributed by atoms with Gasteiger partial charge in [-0.15, -0.1) is 10.2 Å². The van der Waals surface area contributed by atoms with Crippen LogP contribution in [0.25, 0.3) is 16.7 Å². The molecule has 0 saturated carbocycles. The zero-order valence-electron chi connectivity index (χ0n) is 18.7. The molecule has 0 aliphatic heterocycles. The minimum atomic E-state index is -0.373. The van der Waals surface area contributed by atoms with Crippen molar-refractivity contribution in [2.45, 2.75) is 53.6 Å². The highest BCUT2D eigenvalue weighted by Gasteiger charge is 2.16. The SMILES string of the molecule is Cc1nnc2c(NCCCCNC(=O)C(C)C)nc3ccc(C(=O)OC(C)C)cc3n12. The smallest absolute Gasteiger partial charge is 0.338 e. The molecular weight excluding hydrogens is 396 g/mol. The van der Waals surface area contributed by atoms with Crippen LogP contribution in [-0.4, -0.2) is 50.7 Å². The highest BCUT2D eigenvalue weighted by atomic mass is 16.5. The first-order valence-corrected chi connectivity index (χ1v) is 10.7. The predicted octanol–water partition coefficient (Wildman–Crippen LogP) is 3.12. The molecule has 0 atom stereocenters. The number of carbonyl (C=O) groups is 2. The number of rotatable bonds is 9. The van der Waals surface area contributed by atoms with E-state index in [2.05, 4.69) is 20.8 Å². The molecule has 9 nitrogen and oxygen atoms in total. The Balaban J connectivity index is 1.75. The topological polar surface area (TPSA) is 111 Å². The van der Waals surface area contributed by atoms with Gasteiger partial charge in [0.1, 0.15) is 5.82 Å². The molecule has 0 saturated heterocycles. The summed E-state index contributed by atoms with van der Waals surface area (Å²) in [7, 11) is 0. The van der Waals surface area contributed by atoms with Crippen molar-refractivity contribution >= 4 is 34.4 Å². The summed E-state index contributed by atoms with van der Waals surface area (Å²) in [5, 5.41) is 14.7. The van der Waals surface area contributed by atoms with E-state index in [-0.39, 0.29) is 23.9 Å². The number of hydrogen-bond acceptors (Lipinski definition) is 7. The van der Waals surface area contributed by atoms with E-state index in [1.54, 1.807) is 18.2 Å². The van der Waals surface area contributed by atoms with Gasteiger partial charge in [0, 0.05) is 19.0 Å². The second-order valence-corrected chi connectivity index (χ2v) is 8.10. The summed E-state index contributed by atoms with van der Waals surface area (Å²) in [5.41, 5.74) is 2.54. The van der Waals surface area contributed by atoms with E-state index < -0.39 is 0 Å². The standard InChI is InChI=1S/C22H30N6O3/c1-13(2)21(29)24-11-7-6-10-23-19-20-27-26-15(5)28(20)18-12-16(8-9-17(18)25-19)22(30)31-14(3)4/h8-9,12-14H,6-7,10-11H2,1-5H3,(H,23,25)(H,24,29). The second kappa shape index (κ2) is 9.72. The number of carbonyl (C=O) groups excluding carboxylic acids is 2. The van der Waals surface area contributed by atoms with Crippen molar-refractivity contribution in [1.29, 1.82) is 0 Å². The number of nitrogens with one attached hydrogen (secondary N) is 2. The van der Waals surface area contributed by atoms with Crippen molar-refractivity contribution in [3.8, 4) is 0 Å². The van der Waals surface area contributed by atoms with Crippen LogP contribution < -0.4 is 10.6 Å². The molecule has 0 bridgehead atoms. The van der Waals surface area contributed by atoms with Crippen LogP contribution in [-0.2, 0) is 9.53 Å². The number of fused-ring (bicyclic) bond motifs is 3. The Morgan fingerprint density at radius 1 is 1.10 bits per heavy atom. The summed E-state index contributed by atoms with van der Waals surface area (Å²) >= 11 is 0. The monoisotopic (exact) mass is 426 g/mol. The number of benzene rings is 1. The van der Waals surface area contributed by atoms with Gasteiger partial charge in [-0.25, -0.2) is 9.78 Å². The van der Waals surface area contributed by atoms with Gasteiger partial charge < -0.3 is 15.4 Å². The van der Waals surface area contributed by atoms with Crippen LogP contribution in [0.15, 0.2) is 18.2 Å². The molecule has 3 aromatic rings. The fourth-order valence-corrected chi connectivity index (χ4v) is 3.17. The maximum atomic E-state index is 12.3. The maximum absolute atomic E-state index is 12.3. The number of hydrogen-bond donors (Lipinski definition) is 2. The molecule has 31 heavy (non-hydrogen) atoms. The third-order valence-electron chi connectivity index (χ3n) is 4.78. The molecule has 0 fully saturated rings. The number of unbranched alkanes of at least 4 members (excludes halogenated alkanes) is 1. The van der Waals surface area contributed by atoms with Crippen molar-refractivity contribution in [3.05, 3.63) is 29.6 Å². The van der Waals surface area contributed by atoms with Gasteiger partial charge in [-0.1, -0.05) is 13.8 Å². The van der Waals surface area contributed by atoms with Crippen LogP contribution >= 0.6 is 0 Å². The molecule has 0 aliphatic rings. The minimum absolute atomic E-state index is 0.00265. The lowest BCUT2D eigenvalue weighted by molar-refractivity contribution is -0.123. The number of esters is 1. The highest BCUT2D eigenvalue weighted by molar-refractivity contribution is 5.95. The second-order valence-electron chi connectivity index (χ2n) is 8.10. The van der Waals surface area contributed by atoms with E-state index in [1.165, 1.54) is 0 Å². The van der Waals surface area contributed by atoms with Gasteiger partial charge >= 0.3 is 5.97 Å². The number of nitrogens with zero attached hydrogens (tertiary/aromatic N) is 4. The summed E-state index contributed by atoms with van der Waals surface area (Å²) in [6.45, 7) is 10.6. The van der Waals surface area contributed by atoms with Gasteiger partial charge in [-0.3, -0.25) is 9.20 Å². The molecule has 1 aromatic carbocycles. The Morgan fingerprint density at radius 3 is 2.55 bits per heavy atom. The molecule has 0 aliphatic carbocycles. The summed E-state index contributed by atoms with van der Waals surface area (Å²) in [4.78, 5) is 28.6. The van der Waals surface area contributed by atoms with Gasteiger partial charge in [0.15, 0.2) is 5.82 Å². The van der Waals surface area contributed by atoms with Crippen LogP contribution in [0.2, 0.25) is 0 Å². The van der Waals surface area contributed by atoms with Gasteiger partial charge in [0.25, 0.3) is 0 Å². The Morgan fingerprint density at radius 2 is 1.84 bits per heavy atom. The van der Waals surface area contributed by atoms with Crippen molar-refractivity contribution < 1.29 is 14.3 Å². The summed E-state index contributed by atoms with van der Waals surface area (Å²) < 4.78 is 7.20.